The summed E-state index contributed by atoms with van der Waals surface area (Å²) in [6, 6.07) is 1.04. The first-order valence-corrected chi connectivity index (χ1v) is 8.26. The molecule has 1 saturated heterocycles. The van der Waals surface area contributed by atoms with Gasteiger partial charge in [-0.1, -0.05) is 12.8 Å². The van der Waals surface area contributed by atoms with Crippen molar-refractivity contribution < 1.29 is 0 Å². The van der Waals surface area contributed by atoms with E-state index in [1.165, 1.54) is 0 Å². The van der Waals surface area contributed by atoms with Crippen LogP contribution in [0.1, 0.15) is 25.7 Å². The molecule has 2 aliphatic heterocycles. The third-order valence-electron chi connectivity index (χ3n) is 4.56. The maximum absolute atomic E-state index is 8.09. The molecule has 3 aliphatic rings. The fourth-order valence-electron chi connectivity index (χ4n) is 3.16. The number of nitrogens with zero attached hydrogens (tertiary/aromatic N) is 1. The van der Waals surface area contributed by atoms with E-state index in [-0.39, 0.29) is 6.29 Å². The predicted molar refractivity (Wildman–Crippen MR) is 91.0 cm³/mol. The van der Waals surface area contributed by atoms with Gasteiger partial charge in [-0.3, -0.25) is 20.5 Å². The Morgan fingerprint density at radius 1 is 1.27 bits per heavy atom. The summed E-state index contributed by atoms with van der Waals surface area (Å²) in [7, 11) is 1.87. The van der Waals surface area contributed by atoms with Crippen LogP contribution in [0.3, 0.4) is 0 Å². The molecule has 2 fully saturated rings. The molecule has 22 heavy (non-hydrogen) atoms. The largest absolute Gasteiger partial charge is 0.359 e. The van der Waals surface area contributed by atoms with Crippen molar-refractivity contribution >= 4 is 18.7 Å². The van der Waals surface area contributed by atoms with Crippen LogP contribution < -0.4 is 26.1 Å². The minimum atomic E-state index is 0.0108. The summed E-state index contributed by atoms with van der Waals surface area (Å²) in [6.45, 7) is 0.688. The van der Waals surface area contributed by atoms with Gasteiger partial charge in [-0.15, -0.1) is 0 Å². The molecule has 3 rings (SSSR count). The monoisotopic (exact) mass is 323 g/mol. The zero-order valence-electron chi connectivity index (χ0n) is 12.8. The number of allylic oxidation sites excluding steroid dienone is 1. The predicted octanol–water partition coefficient (Wildman–Crippen LogP) is -0.00693. The third kappa shape index (κ3) is 3.40. The Balaban J connectivity index is 1.58. The summed E-state index contributed by atoms with van der Waals surface area (Å²) >= 11 is 4.16. The number of hydrogen-bond acceptors (Lipinski definition) is 7. The van der Waals surface area contributed by atoms with E-state index in [1.807, 2.05) is 19.3 Å². The van der Waals surface area contributed by atoms with Crippen molar-refractivity contribution in [3.05, 3.63) is 23.5 Å². The molecule has 1 aliphatic carbocycles. The summed E-state index contributed by atoms with van der Waals surface area (Å²) < 4.78 is 3.06. The van der Waals surface area contributed by atoms with Crippen LogP contribution in [0, 0.1) is 5.41 Å². The molecular formula is C14H25N7S. The van der Waals surface area contributed by atoms with Crippen LogP contribution in [-0.4, -0.2) is 42.8 Å². The van der Waals surface area contributed by atoms with Gasteiger partial charge in [-0.25, -0.2) is 5.43 Å². The summed E-state index contributed by atoms with van der Waals surface area (Å²) in [4.78, 5) is 0. The second-order valence-electron chi connectivity index (χ2n) is 6.06. The van der Waals surface area contributed by atoms with Crippen molar-refractivity contribution in [2.75, 3.05) is 13.6 Å². The lowest BCUT2D eigenvalue weighted by Crippen LogP contribution is -2.56. The highest BCUT2D eigenvalue weighted by Crippen LogP contribution is 2.20. The van der Waals surface area contributed by atoms with Crippen molar-refractivity contribution in [1.29, 1.82) is 5.41 Å². The van der Waals surface area contributed by atoms with Gasteiger partial charge in [0.15, 0.2) is 6.29 Å². The van der Waals surface area contributed by atoms with Gasteiger partial charge in [-0.05, 0) is 31.8 Å². The molecule has 6 N–H and O–H groups in total. The van der Waals surface area contributed by atoms with E-state index in [0.29, 0.717) is 24.5 Å². The molecule has 0 bridgehead atoms. The minimum absolute atomic E-state index is 0.0108. The van der Waals surface area contributed by atoms with Gasteiger partial charge >= 0.3 is 0 Å². The molecule has 7 nitrogen and oxygen atoms in total. The van der Waals surface area contributed by atoms with E-state index < -0.39 is 0 Å². The second kappa shape index (κ2) is 6.91. The van der Waals surface area contributed by atoms with Crippen molar-refractivity contribution in [3.8, 4) is 0 Å². The third-order valence-corrected chi connectivity index (χ3v) is 4.93. The molecule has 0 amide bonds. The normalized spacial score (nSPS) is 35.5. The van der Waals surface area contributed by atoms with Gasteiger partial charge in [-0.2, -0.15) is 0 Å². The van der Waals surface area contributed by atoms with Crippen molar-refractivity contribution in [2.45, 2.75) is 44.1 Å². The zero-order valence-corrected chi connectivity index (χ0v) is 13.7. The van der Waals surface area contributed by atoms with Crippen molar-refractivity contribution in [1.82, 2.24) is 31.1 Å². The van der Waals surface area contributed by atoms with Crippen LogP contribution in [0.15, 0.2) is 23.5 Å². The van der Waals surface area contributed by atoms with Gasteiger partial charge in [0.2, 0.25) is 0 Å². The molecule has 8 heteroatoms. The van der Waals surface area contributed by atoms with E-state index in [4.69, 9.17) is 5.41 Å². The fourth-order valence-corrected chi connectivity index (χ4v) is 3.42. The standard InChI is InChI=1S/C14H25N7S/c1-21-13(15)11(8-17-21)12-6-7-16-14(19-12)18-9-2-4-10(20-22)5-3-9/h6-7,9-10,14-20,22H,2-5,8H2,1H3. The van der Waals surface area contributed by atoms with Gasteiger partial charge in [0.25, 0.3) is 0 Å². The van der Waals surface area contributed by atoms with E-state index in [2.05, 4.69) is 38.9 Å². The lowest BCUT2D eigenvalue weighted by molar-refractivity contribution is 0.280. The average Bonchev–Trinajstić information content (AvgIpc) is 2.88. The number of rotatable bonds is 3. The zero-order chi connectivity index (χ0) is 15.5. The lowest BCUT2D eigenvalue weighted by atomic mass is 9.92. The molecule has 2 heterocycles. The van der Waals surface area contributed by atoms with E-state index in [0.717, 1.165) is 37.0 Å². The van der Waals surface area contributed by atoms with E-state index in [1.54, 1.807) is 5.01 Å². The first-order chi connectivity index (χ1) is 10.7. The number of thiol groups is 1. The molecule has 0 aromatic carbocycles. The molecule has 1 atom stereocenters. The Hall–Kier alpha value is -1.22. The Morgan fingerprint density at radius 2 is 2.00 bits per heavy atom. The van der Waals surface area contributed by atoms with Crippen molar-refractivity contribution in [2.24, 2.45) is 0 Å². The first-order valence-electron chi connectivity index (χ1n) is 7.81. The van der Waals surface area contributed by atoms with E-state index >= 15 is 0 Å². The van der Waals surface area contributed by atoms with Crippen LogP contribution in [0.2, 0.25) is 0 Å². The second-order valence-corrected chi connectivity index (χ2v) is 6.31. The number of nitrogens with one attached hydrogen (secondary N) is 6. The summed E-state index contributed by atoms with van der Waals surface area (Å²) in [6.07, 6.45) is 8.54. The number of likely N-dealkylation sites (N-methyl/N-ethyl adjacent to an activating group) is 1. The summed E-state index contributed by atoms with van der Waals surface area (Å²) in [5.74, 6) is 0.521. The lowest BCUT2D eigenvalue weighted by Gasteiger charge is -2.34. The van der Waals surface area contributed by atoms with Gasteiger partial charge in [0.05, 0.1) is 0 Å². The van der Waals surface area contributed by atoms with E-state index in [9.17, 15) is 0 Å². The molecule has 0 aromatic heterocycles. The highest BCUT2D eigenvalue weighted by molar-refractivity contribution is 7.78. The smallest absolute Gasteiger partial charge is 0.152 e. The van der Waals surface area contributed by atoms with Crippen LogP contribution in [0.25, 0.3) is 0 Å². The maximum atomic E-state index is 8.09. The average molecular weight is 323 g/mol. The molecule has 0 radical (unpaired) electrons. The Bertz CT molecular complexity index is 482. The molecule has 0 aromatic rings. The molecule has 1 unspecified atom stereocenters. The topological polar surface area (TPSA) is 87.2 Å². The highest BCUT2D eigenvalue weighted by Gasteiger charge is 2.26. The maximum Gasteiger partial charge on any atom is 0.152 e. The van der Waals surface area contributed by atoms with Gasteiger partial charge in [0.1, 0.15) is 5.84 Å². The fraction of sp³-hybridized carbons (Fsp3) is 0.643. The number of hydrogen-bond donors (Lipinski definition) is 7. The van der Waals surface area contributed by atoms with Crippen molar-refractivity contribution in [3.63, 3.8) is 0 Å². The Kier molecular flexibility index (Phi) is 4.92. The van der Waals surface area contributed by atoms with Gasteiger partial charge < -0.3 is 10.6 Å². The van der Waals surface area contributed by atoms with Crippen LogP contribution in [0.5, 0.6) is 0 Å². The SMILES string of the molecule is CN1NCC(=C2C=CNC(NC3CCC(NS)CC3)N2)C1=N. The van der Waals surface area contributed by atoms with Gasteiger partial charge in [0, 0.05) is 43.1 Å². The number of amidine groups is 1. The van der Waals surface area contributed by atoms with Crippen LogP contribution in [-0.2, 0) is 0 Å². The van der Waals surface area contributed by atoms with Crippen LogP contribution in [0.4, 0.5) is 0 Å². The highest BCUT2D eigenvalue weighted by atomic mass is 32.1. The molecular weight excluding hydrogens is 298 g/mol. The molecule has 1 saturated carbocycles. The van der Waals surface area contributed by atoms with Crippen LogP contribution >= 0.6 is 12.8 Å². The number of hydrazine groups is 1. The molecule has 0 spiro atoms. The Morgan fingerprint density at radius 3 is 2.64 bits per heavy atom. The summed E-state index contributed by atoms with van der Waals surface area (Å²) in [5.41, 5.74) is 5.15. The quantitative estimate of drug-likeness (QED) is 0.370. The molecule has 122 valence electrons. The minimum Gasteiger partial charge on any atom is -0.359 e. The Labute approximate surface area is 137 Å². The first kappa shape index (κ1) is 15.7. The summed E-state index contributed by atoms with van der Waals surface area (Å²) in [5, 5.41) is 20.2.